The number of para-hydroxylation sites is 1. The number of urea groups is 1. The van der Waals surface area contributed by atoms with Crippen molar-refractivity contribution in [3.63, 3.8) is 0 Å². The van der Waals surface area contributed by atoms with E-state index in [4.69, 9.17) is 0 Å². The minimum atomic E-state index is -0.237. The van der Waals surface area contributed by atoms with Crippen LogP contribution in [0.15, 0.2) is 42.7 Å². The summed E-state index contributed by atoms with van der Waals surface area (Å²) in [7, 11) is 0. The largest absolute Gasteiger partial charge is 0.335 e. The van der Waals surface area contributed by atoms with Crippen LogP contribution in [0.2, 0.25) is 0 Å². The minimum absolute atomic E-state index is 0.117. The summed E-state index contributed by atoms with van der Waals surface area (Å²) in [4.78, 5) is 13.7. The van der Waals surface area contributed by atoms with Gasteiger partial charge in [0.2, 0.25) is 0 Å². The number of aromatic nitrogens is 6. The third-order valence-electron chi connectivity index (χ3n) is 4.62. The second-order valence-corrected chi connectivity index (χ2v) is 8.00. The van der Waals surface area contributed by atoms with Crippen molar-refractivity contribution >= 4 is 6.03 Å². The highest BCUT2D eigenvalue weighted by Crippen LogP contribution is 2.40. The Labute approximate surface area is 163 Å². The Hall–Kier alpha value is -3.23. The summed E-state index contributed by atoms with van der Waals surface area (Å²) in [6.07, 6.45) is 4.80. The molecule has 3 aromatic rings. The van der Waals surface area contributed by atoms with E-state index in [0.29, 0.717) is 11.7 Å². The van der Waals surface area contributed by atoms with Gasteiger partial charge < -0.3 is 10.6 Å². The van der Waals surface area contributed by atoms with Crippen molar-refractivity contribution in [2.24, 2.45) is 0 Å². The van der Waals surface area contributed by atoms with Crippen molar-refractivity contribution in [3.05, 3.63) is 54.1 Å². The molecule has 9 nitrogen and oxygen atoms in total. The van der Waals surface area contributed by atoms with Gasteiger partial charge in [-0.05, 0) is 50.1 Å². The Morgan fingerprint density at radius 3 is 2.75 bits per heavy atom. The van der Waals surface area contributed by atoms with Gasteiger partial charge in [0.1, 0.15) is 0 Å². The maximum Gasteiger partial charge on any atom is 0.315 e. The molecule has 0 aliphatic heterocycles. The number of nitrogens with one attached hydrogen (secondary N) is 2. The number of amides is 2. The lowest BCUT2D eigenvalue weighted by atomic mass is 10.1. The molecule has 1 aromatic carbocycles. The van der Waals surface area contributed by atoms with Gasteiger partial charge in [-0.25, -0.2) is 9.48 Å². The SMILES string of the molecule is CC(C)(C)n1nnc(CNC(=O)N[C@@H]2C[C@H]2c2cnn(-c3ccccc3)c2)n1. The summed E-state index contributed by atoms with van der Waals surface area (Å²) in [5.74, 6) is 0.782. The van der Waals surface area contributed by atoms with Crippen molar-refractivity contribution in [3.8, 4) is 5.69 Å². The van der Waals surface area contributed by atoms with Crippen LogP contribution in [0.1, 0.15) is 44.5 Å². The van der Waals surface area contributed by atoms with Gasteiger partial charge in [-0.2, -0.15) is 9.90 Å². The maximum atomic E-state index is 12.1. The first-order chi connectivity index (χ1) is 13.4. The highest BCUT2D eigenvalue weighted by molar-refractivity contribution is 5.74. The Morgan fingerprint density at radius 2 is 2.04 bits per heavy atom. The smallest absolute Gasteiger partial charge is 0.315 e. The van der Waals surface area contributed by atoms with Crippen LogP contribution in [-0.2, 0) is 12.1 Å². The highest BCUT2D eigenvalue weighted by Gasteiger charge is 2.40. The number of rotatable bonds is 5. The summed E-state index contributed by atoms with van der Waals surface area (Å²) < 4.78 is 1.86. The molecule has 9 heteroatoms. The molecular formula is C19H24N8O. The molecule has 2 amide bonds. The van der Waals surface area contributed by atoms with Crippen molar-refractivity contribution in [2.45, 2.75) is 51.2 Å². The van der Waals surface area contributed by atoms with Gasteiger partial charge in [0, 0.05) is 18.2 Å². The maximum absolute atomic E-state index is 12.1. The summed E-state index contributed by atoms with van der Waals surface area (Å²) in [5, 5.41) is 22.5. The second-order valence-electron chi connectivity index (χ2n) is 8.00. The molecule has 0 radical (unpaired) electrons. The average molecular weight is 380 g/mol. The molecule has 4 rings (SSSR count). The van der Waals surface area contributed by atoms with Crippen LogP contribution in [0.4, 0.5) is 4.79 Å². The van der Waals surface area contributed by atoms with Crippen LogP contribution in [0, 0.1) is 0 Å². The summed E-state index contributed by atoms with van der Waals surface area (Å²) in [6.45, 7) is 6.22. The molecule has 0 saturated heterocycles. The van der Waals surface area contributed by atoms with E-state index in [1.807, 2.05) is 68.2 Å². The number of carbonyl (C=O) groups excluding carboxylic acids is 1. The lowest BCUT2D eigenvalue weighted by Gasteiger charge is -2.15. The predicted molar refractivity (Wildman–Crippen MR) is 103 cm³/mol. The molecule has 1 aliphatic rings. The van der Waals surface area contributed by atoms with Gasteiger partial charge in [0.05, 0.1) is 24.0 Å². The predicted octanol–water partition coefficient (Wildman–Crippen LogP) is 1.97. The van der Waals surface area contributed by atoms with Gasteiger partial charge in [-0.3, -0.25) is 0 Å². The lowest BCUT2D eigenvalue weighted by Crippen LogP contribution is -2.37. The first-order valence-electron chi connectivity index (χ1n) is 9.34. The third kappa shape index (κ3) is 4.03. The molecule has 2 aromatic heterocycles. The number of carbonyl (C=O) groups is 1. The minimum Gasteiger partial charge on any atom is -0.335 e. The lowest BCUT2D eigenvalue weighted by molar-refractivity contribution is 0.239. The van der Waals surface area contributed by atoms with Crippen LogP contribution in [0.5, 0.6) is 0 Å². The topological polar surface area (TPSA) is 103 Å². The number of nitrogens with zero attached hydrogens (tertiary/aromatic N) is 6. The normalized spacial score (nSPS) is 18.7. The van der Waals surface area contributed by atoms with Crippen LogP contribution in [0.3, 0.4) is 0 Å². The Balaban J connectivity index is 1.27. The zero-order chi connectivity index (χ0) is 19.7. The zero-order valence-electron chi connectivity index (χ0n) is 16.2. The average Bonchev–Trinajstić information content (AvgIpc) is 3.09. The summed E-state index contributed by atoms with van der Waals surface area (Å²) >= 11 is 0. The van der Waals surface area contributed by atoms with Crippen LogP contribution >= 0.6 is 0 Å². The fourth-order valence-electron chi connectivity index (χ4n) is 2.95. The van der Waals surface area contributed by atoms with Gasteiger partial charge in [-0.1, -0.05) is 18.2 Å². The van der Waals surface area contributed by atoms with Gasteiger partial charge in [0.25, 0.3) is 0 Å². The fraction of sp³-hybridized carbons (Fsp3) is 0.421. The van der Waals surface area contributed by atoms with Gasteiger partial charge >= 0.3 is 6.03 Å². The summed E-state index contributed by atoms with van der Waals surface area (Å²) in [6, 6.07) is 9.86. The number of tetrazole rings is 1. The molecule has 2 heterocycles. The van der Waals surface area contributed by atoms with E-state index in [9.17, 15) is 4.79 Å². The molecule has 0 spiro atoms. The van der Waals surface area contributed by atoms with Crippen LogP contribution in [0.25, 0.3) is 5.69 Å². The van der Waals surface area contributed by atoms with Crippen molar-refractivity contribution in [2.75, 3.05) is 0 Å². The Morgan fingerprint density at radius 1 is 1.25 bits per heavy atom. The molecular weight excluding hydrogens is 356 g/mol. The molecule has 1 saturated carbocycles. The van der Waals surface area contributed by atoms with Crippen molar-refractivity contribution in [1.82, 2.24) is 40.6 Å². The second kappa shape index (κ2) is 7.06. The number of benzene rings is 1. The molecule has 0 bridgehead atoms. The van der Waals surface area contributed by atoms with Crippen molar-refractivity contribution < 1.29 is 4.79 Å². The van der Waals surface area contributed by atoms with Crippen molar-refractivity contribution in [1.29, 1.82) is 0 Å². The van der Waals surface area contributed by atoms with E-state index in [1.54, 1.807) is 4.80 Å². The molecule has 2 N–H and O–H groups in total. The van der Waals surface area contributed by atoms with Crippen LogP contribution < -0.4 is 10.6 Å². The number of hydrogen-bond acceptors (Lipinski definition) is 5. The Kier molecular flexibility index (Phi) is 4.58. The molecule has 28 heavy (non-hydrogen) atoms. The highest BCUT2D eigenvalue weighted by atomic mass is 16.2. The van der Waals surface area contributed by atoms with Crippen LogP contribution in [-0.4, -0.2) is 42.1 Å². The molecule has 0 unspecified atom stereocenters. The van der Waals surface area contributed by atoms with Gasteiger partial charge in [0.15, 0.2) is 5.82 Å². The van der Waals surface area contributed by atoms with E-state index in [-0.39, 0.29) is 24.2 Å². The monoisotopic (exact) mass is 380 g/mol. The quantitative estimate of drug-likeness (QED) is 0.704. The van der Waals surface area contributed by atoms with E-state index < -0.39 is 0 Å². The first kappa shape index (κ1) is 18.1. The molecule has 146 valence electrons. The van der Waals surface area contributed by atoms with Gasteiger partial charge in [-0.15, -0.1) is 10.2 Å². The standard InChI is InChI=1S/C19H24N8O/c1-19(2,3)27-24-17(23-25-27)11-20-18(28)22-16-9-15(16)13-10-21-26(12-13)14-7-5-4-6-8-14/h4-8,10,12,15-16H,9,11H2,1-3H3,(H2,20,22,28)/t15-,16+/m0/s1. The molecule has 1 aliphatic carbocycles. The first-order valence-corrected chi connectivity index (χ1v) is 9.34. The molecule has 1 fully saturated rings. The zero-order valence-corrected chi connectivity index (χ0v) is 16.2. The third-order valence-corrected chi connectivity index (χ3v) is 4.62. The van der Waals surface area contributed by atoms with E-state index in [0.717, 1.165) is 17.7 Å². The van der Waals surface area contributed by atoms with E-state index in [2.05, 4.69) is 31.1 Å². The van der Waals surface area contributed by atoms with E-state index in [1.165, 1.54) is 0 Å². The summed E-state index contributed by atoms with van der Waals surface area (Å²) in [5.41, 5.74) is 1.91. The fourth-order valence-corrected chi connectivity index (χ4v) is 2.95. The number of hydrogen-bond donors (Lipinski definition) is 2. The molecule has 2 atom stereocenters. The Bertz CT molecular complexity index is 956. The van der Waals surface area contributed by atoms with E-state index >= 15 is 0 Å².